The largest absolute Gasteiger partial charge is 0.481 e. The van der Waals surface area contributed by atoms with Crippen molar-refractivity contribution in [2.75, 3.05) is 13.1 Å². The van der Waals surface area contributed by atoms with Crippen molar-refractivity contribution in [1.29, 1.82) is 0 Å². The molecule has 1 fully saturated rings. The van der Waals surface area contributed by atoms with Crippen molar-refractivity contribution < 1.29 is 14.3 Å². The number of nitrogens with zero attached hydrogens (tertiary/aromatic N) is 1. The molecule has 0 saturated carbocycles. The van der Waals surface area contributed by atoms with E-state index in [-0.39, 0.29) is 23.3 Å². The van der Waals surface area contributed by atoms with Crippen LogP contribution in [0.2, 0.25) is 5.02 Å². The van der Waals surface area contributed by atoms with Gasteiger partial charge in [0.15, 0.2) is 6.10 Å². The second kappa shape index (κ2) is 8.76. The summed E-state index contributed by atoms with van der Waals surface area (Å²) in [6, 6.07) is 7.02. The highest BCUT2D eigenvalue weighted by Gasteiger charge is 2.27. The van der Waals surface area contributed by atoms with Crippen molar-refractivity contribution >= 4 is 23.4 Å². The van der Waals surface area contributed by atoms with Crippen LogP contribution >= 0.6 is 11.6 Å². The van der Waals surface area contributed by atoms with Gasteiger partial charge in [0.2, 0.25) is 5.91 Å². The summed E-state index contributed by atoms with van der Waals surface area (Å²) in [5.74, 6) is 0.667. The van der Waals surface area contributed by atoms with E-state index < -0.39 is 6.10 Å². The fraction of sp³-hybridized carbons (Fsp3) is 0.600. The number of halogens is 1. The predicted molar refractivity (Wildman–Crippen MR) is 103 cm³/mol. The van der Waals surface area contributed by atoms with E-state index >= 15 is 0 Å². The van der Waals surface area contributed by atoms with Crippen LogP contribution in [0, 0.1) is 5.41 Å². The van der Waals surface area contributed by atoms with Crippen LogP contribution in [-0.4, -0.2) is 41.9 Å². The van der Waals surface area contributed by atoms with E-state index in [0.717, 1.165) is 12.8 Å². The number of benzene rings is 1. The number of piperidine rings is 1. The van der Waals surface area contributed by atoms with Gasteiger partial charge in [-0.25, -0.2) is 0 Å². The van der Waals surface area contributed by atoms with E-state index in [0.29, 0.717) is 30.3 Å². The van der Waals surface area contributed by atoms with Crippen LogP contribution in [0.5, 0.6) is 5.75 Å². The fourth-order valence-corrected chi connectivity index (χ4v) is 3.05. The summed E-state index contributed by atoms with van der Waals surface area (Å²) in [4.78, 5) is 26.5. The molecule has 1 aliphatic rings. The Morgan fingerprint density at radius 3 is 2.35 bits per heavy atom. The molecule has 1 saturated heterocycles. The Bertz CT molecular complexity index is 617. The van der Waals surface area contributed by atoms with Gasteiger partial charge in [0.25, 0.3) is 5.91 Å². The number of rotatable bonds is 5. The average molecular weight is 381 g/mol. The third kappa shape index (κ3) is 6.52. The maximum Gasteiger partial charge on any atom is 0.260 e. The third-order valence-electron chi connectivity index (χ3n) is 4.37. The molecule has 26 heavy (non-hydrogen) atoms. The van der Waals surface area contributed by atoms with Gasteiger partial charge in [-0.2, -0.15) is 0 Å². The van der Waals surface area contributed by atoms with E-state index in [1.807, 2.05) is 4.90 Å². The summed E-state index contributed by atoms with van der Waals surface area (Å²) in [6.07, 6.45) is 1.51. The molecule has 144 valence electrons. The van der Waals surface area contributed by atoms with Crippen molar-refractivity contribution in [2.45, 2.75) is 59.1 Å². The Hall–Kier alpha value is -1.75. The molecule has 1 unspecified atom stereocenters. The highest BCUT2D eigenvalue weighted by Crippen LogP contribution is 2.22. The molecule has 6 heteroatoms. The Kier molecular flexibility index (Phi) is 6.93. The lowest BCUT2D eigenvalue weighted by Crippen LogP contribution is -2.49. The van der Waals surface area contributed by atoms with E-state index in [4.69, 9.17) is 16.3 Å². The molecule has 5 nitrogen and oxygen atoms in total. The van der Waals surface area contributed by atoms with Crippen LogP contribution < -0.4 is 10.1 Å². The van der Waals surface area contributed by atoms with Gasteiger partial charge in [-0.05, 0) is 49.4 Å². The molecule has 2 rings (SSSR count). The number of amides is 2. The third-order valence-corrected chi connectivity index (χ3v) is 4.62. The average Bonchev–Trinajstić information content (AvgIpc) is 2.56. The highest BCUT2D eigenvalue weighted by atomic mass is 35.5. The van der Waals surface area contributed by atoms with Gasteiger partial charge in [-0.1, -0.05) is 32.4 Å². The van der Waals surface area contributed by atoms with E-state index in [1.54, 1.807) is 31.2 Å². The van der Waals surface area contributed by atoms with Crippen molar-refractivity contribution in [3.8, 4) is 5.75 Å². The molecule has 0 spiro atoms. The maximum absolute atomic E-state index is 12.3. The SMILES string of the molecule is CC(Oc1ccc(Cl)cc1)C(=O)NC1CCN(C(=O)CC(C)(C)C)CC1. The maximum atomic E-state index is 12.3. The zero-order chi connectivity index (χ0) is 19.3. The minimum atomic E-state index is -0.586. The van der Waals surface area contributed by atoms with E-state index in [2.05, 4.69) is 26.1 Å². The first-order chi connectivity index (χ1) is 12.1. The van der Waals surface area contributed by atoms with Crippen molar-refractivity contribution in [3.63, 3.8) is 0 Å². The molecule has 2 amide bonds. The number of carbonyl (C=O) groups is 2. The molecule has 0 bridgehead atoms. The molecule has 1 atom stereocenters. The molecule has 0 radical (unpaired) electrons. The molecule has 1 N–H and O–H groups in total. The molecular formula is C20H29ClN2O3. The standard InChI is InChI=1S/C20H29ClN2O3/c1-14(26-17-7-5-15(21)6-8-17)19(25)22-16-9-11-23(12-10-16)18(24)13-20(2,3)4/h5-8,14,16H,9-13H2,1-4H3,(H,22,25). The first-order valence-electron chi connectivity index (χ1n) is 9.14. The van der Waals surface area contributed by atoms with E-state index in [1.165, 1.54) is 0 Å². The predicted octanol–water partition coefficient (Wildman–Crippen LogP) is 3.65. The topological polar surface area (TPSA) is 58.6 Å². The Balaban J connectivity index is 1.76. The van der Waals surface area contributed by atoms with Crippen molar-refractivity contribution in [1.82, 2.24) is 10.2 Å². The first-order valence-corrected chi connectivity index (χ1v) is 9.52. The van der Waals surface area contributed by atoms with Crippen LogP contribution in [-0.2, 0) is 9.59 Å². The van der Waals surface area contributed by atoms with Gasteiger partial charge in [-0.3, -0.25) is 9.59 Å². The number of ether oxygens (including phenoxy) is 1. The van der Waals surface area contributed by atoms with Crippen LogP contribution in [0.15, 0.2) is 24.3 Å². The highest BCUT2D eigenvalue weighted by molar-refractivity contribution is 6.30. The molecule has 0 aromatic heterocycles. The summed E-state index contributed by atoms with van der Waals surface area (Å²) < 4.78 is 5.65. The van der Waals surface area contributed by atoms with Crippen LogP contribution in [0.4, 0.5) is 0 Å². The summed E-state index contributed by atoms with van der Waals surface area (Å²) in [7, 11) is 0. The molecular weight excluding hydrogens is 352 g/mol. The second-order valence-electron chi connectivity index (χ2n) is 8.12. The van der Waals surface area contributed by atoms with Crippen molar-refractivity contribution in [3.05, 3.63) is 29.3 Å². The summed E-state index contributed by atoms with van der Waals surface area (Å²) in [6.45, 7) is 9.31. The van der Waals surface area contributed by atoms with Gasteiger partial charge < -0.3 is 15.0 Å². The number of hydrogen-bond acceptors (Lipinski definition) is 3. The number of hydrogen-bond donors (Lipinski definition) is 1. The quantitative estimate of drug-likeness (QED) is 0.848. The van der Waals surface area contributed by atoms with Crippen LogP contribution in [0.25, 0.3) is 0 Å². The smallest absolute Gasteiger partial charge is 0.260 e. The molecule has 1 aromatic rings. The first kappa shape index (κ1) is 20.6. The fourth-order valence-electron chi connectivity index (χ4n) is 2.93. The molecule has 1 aromatic carbocycles. The molecule has 1 heterocycles. The lowest BCUT2D eigenvalue weighted by molar-refractivity contribution is -0.134. The summed E-state index contributed by atoms with van der Waals surface area (Å²) in [5.41, 5.74) is -0.00339. The molecule has 1 aliphatic heterocycles. The van der Waals surface area contributed by atoms with Crippen LogP contribution in [0.1, 0.15) is 47.0 Å². The van der Waals surface area contributed by atoms with Gasteiger partial charge in [0, 0.05) is 30.6 Å². The minimum absolute atomic E-state index is 0.00339. The Morgan fingerprint density at radius 2 is 1.81 bits per heavy atom. The zero-order valence-corrected chi connectivity index (χ0v) is 16.8. The zero-order valence-electron chi connectivity index (χ0n) is 16.0. The van der Waals surface area contributed by atoms with Crippen LogP contribution in [0.3, 0.4) is 0 Å². The lowest BCUT2D eigenvalue weighted by Gasteiger charge is -2.34. The van der Waals surface area contributed by atoms with E-state index in [9.17, 15) is 9.59 Å². The van der Waals surface area contributed by atoms with Gasteiger partial charge in [-0.15, -0.1) is 0 Å². The molecule has 0 aliphatic carbocycles. The number of likely N-dealkylation sites (tertiary alicyclic amines) is 1. The number of nitrogens with one attached hydrogen (secondary N) is 1. The lowest BCUT2D eigenvalue weighted by atomic mass is 9.91. The monoisotopic (exact) mass is 380 g/mol. The van der Waals surface area contributed by atoms with Crippen molar-refractivity contribution in [2.24, 2.45) is 5.41 Å². The minimum Gasteiger partial charge on any atom is -0.481 e. The van der Waals surface area contributed by atoms with Gasteiger partial charge in [0.05, 0.1) is 0 Å². The van der Waals surface area contributed by atoms with Gasteiger partial charge in [0.1, 0.15) is 5.75 Å². The van der Waals surface area contributed by atoms with Gasteiger partial charge >= 0.3 is 0 Å². The Morgan fingerprint density at radius 1 is 1.23 bits per heavy atom. The summed E-state index contributed by atoms with van der Waals surface area (Å²) >= 11 is 5.85. The summed E-state index contributed by atoms with van der Waals surface area (Å²) in [5, 5.41) is 3.66. The Labute approximate surface area is 161 Å². The number of carbonyl (C=O) groups excluding carboxylic acids is 2. The second-order valence-corrected chi connectivity index (χ2v) is 8.55. The normalized spacial score (nSPS) is 16.9.